The molecule has 0 atom stereocenters. The summed E-state index contributed by atoms with van der Waals surface area (Å²) in [7, 11) is 0. The molecule has 0 aliphatic carbocycles. The second kappa shape index (κ2) is 7.68. The lowest BCUT2D eigenvalue weighted by Crippen LogP contribution is -2.14. The first-order valence-electron chi connectivity index (χ1n) is 9.37. The zero-order chi connectivity index (χ0) is 19.5. The van der Waals surface area contributed by atoms with Gasteiger partial charge < -0.3 is 5.32 Å². The number of anilines is 1. The van der Waals surface area contributed by atoms with Crippen LogP contribution < -0.4 is 5.32 Å². The van der Waals surface area contributed by atoms with E-state index in [9.17, 15) is 4.79 Å². The quantitative estimate of drug-likeness (QED) is 0.557. The average molecular weight is 373 g/mol. The van der Waals surface area contributed by atoms with E-state index in [0.29, 0.717) is 25.2 Å². The molecule has 0 aliphatic rings. The predicted octanol–water partition coefficient (Wildman–Crippen LogP) is 3.93. The maximum absolute atomic E-state index is 12.3. The van der Waals surface area contributed by atoms with Gasteiger partial charge in [0.2, 0.25) is 5.91 Å². The number of nitrogens with one attached hydrogen (secondary N) is 1. The number of carbonyl (C=O) groups is 1. The van der Waals surface area contributed by atoms with Crippen molar-refractivity contribution in [3.63, 3.8) is 0 Å². The Bertz CT molecular complexity index is 1120. The van der Waals surface area contributed by atoms with Crippen molar-refractivity contribution < 1.29 is 4.79 Å². The van der Waals surface area contributed by atoms with Crippen LogP contribution in [0.2, 0.25) is 0 Å². The first-order valence-corrected chi connectivity index (χ1v) is 9.37. The fraction of sp³-hybridized carbons (Fsp3) is 0.227. The Morgan fingerprint density at radius 3 is 2.79 bits per heavy atom. The van der Waals surface area contributed by atoms with Gasteiger partial charge in [0, 0.05) is 18.0 Å². The molecule has 2 aromatic heterocycles. The Morgan fingerprint density at radius 2 is 1.93 bits per heavy atom. The molecule has 6 nitrogen and oxygen atoms in total. The summed E-state index contributed by atoms with van der Waals surface area (Å²) in [6.45, 7) is 5.35. The minimum atomic E-state index is -0.0496. The largest absolute Gasteiger partial charge is 0.323 e. The van der Waals surface area contributed by atoms with Crippen LogP contribution in [0.25, 0.3) is 10.9 Å². The molecule has 28 heavy (non-hydrogen) atoms. The molecule has 0 saturated carbocycles. The van der Waals surface area contributed by atoms with E-state index in [1.54, 1.807) is 6.20 Å². The first-order chi connectivity index (χ1) is 13.6. The molecule has 4 rings (SSSR count). The van der Waals surface area contributed by atoms with Gasteiger partial charge in [-0.05, 0) is 31.0 Å². The number of rotatable bonds is 6. The zero-order valence-electron chi connectivity index (χ0n) is 16.1. The highest BCUT2D eigenvalue weighted by atomic mass is 16.1. The Balaban J connectivity index is 1.35. The predicted molar refractivity (Wildman–Crippen MR) is 110 cm³/mol. The number of aryl methyl sites for hydroxylation is 3. The monoisotopic (exact) mass is 373 g/mol. The molecule has 6 heteroatoms. The first kappa shape index (κ1) is 18.0. The van der Waals surface area contributed by atoms with Crippen molar-refractivity contribution in [2.45, 2.75) is 33.4 Å². The number of nitrogens with zero attached hydrogens (tertiary/aromatic N) is 4. The molecule has 0 aliphatic heterocycles. The van der Waals surface area contributed by atoms with E-state index in [-0.39, 0.29) is 5.91 Å². The van der Waals surface area contributed by atoms with Crippen LogP contribution in [-0.4, -0.2) is 25.5 Å². The molecular weight excluding hydrogens is 350 g/mol. The highest BCUT2D eigenvalue weighted by Gasteiger charge is 2.09. The highest BCUT2D eigenvalue weighted by molar-refractivity contribution is 5.90. The van der Waals surface area contributed by atoms with Gasteiger partial charge in [0.15, 0.2) is 0 Å². The molecule has 0 unspecified atom stereocenters. The van der Waals surface area contributed by atoms with Gasteiger partial charge in [-0.3, -0.25) is 14.2 Å². The van der Waals surface area contributed by atoms with Crippen molar-refractivity contribution in [1.29, 1.82) is 0 Å². The normalized spacial score (nSPS) is 11.1. The van der Waals surface area contributed by atoms with Crippen molar-refractivity contribution in [2.24, 2.45) is 0 Å². The van der Waals surface area contributed by atoms with Crippen molar-refractivity contribution in [2.75, 3.05) is 5.32 Å². The van der Waals surface area contributed by atoms with E-state index in [4.69, 9.17) is 0 Å². The topological polar surface area (TPSA) is 64.7 Å². The van der Waals surface area contributed by atoms with E-state index in [1.807, 2.05) is 40.0 Å². The third-order valence-electron chi connectivity index (χ3n) is 4.80. The summed E-state index contributed by atoms with van der Waals surface area (Å²) in [5, 5.41) is 12.8. The Labute approximate surface area is 163 Å². The molecule has 2 heterocycles. The Kier molecular flexibility index (Phi) is 4.93. The lowest BCUT2D eigenvalue weighted by molar-refractivity contribution is -0.116. The van der Waals surface area contributed by atoms with Crippen molar-refractivity contribution in [1.82, 2.24) is 19.6 Å². The Morgan fingerprint density at radius 1 is 1.07 bits per heavy atom. The molecule has 1 amide bonds. The van der Waals surface area contributed by atoms with Gasteiger partial charge in [-0.2, -0.15) is 10.2 Å². The standard InChI is InChI=1S/C22H23N5O/c1-16-5-3-7-18(11-16)14-26-15-19(12-23-26)25-22(28)9-10-27-21-8-4-6-17(2)20(21)13-24-27/h3-8,11-13,15H,9-10,14H2,1-2H3,(H,25,28). The fourth-order valence-corrected chi connectivity index (χ4v) is 3.37. The fourth-order valence-electron chi connectivity index (χ4n) is 3.37. The minimum absolute atomic E-state index is 0.0496. The Hall–Kier alpha value is -3.41. The summed E-state index contributed by atoms with van der Waals surface area (Å²) >= 11 is 0. The second-order valence-corrected chi connectivity index (χ2v) is 7.09. The lowest BCUT2D eigenvalue weighted by atomic mass is 10.1. The van der Waals surface area contributed by atoms with Crippen LogP contribution >= 0.6 is 0 Å². The SMILES string of the molecule is Cc1cccc(Cn2cc(NC(=O)CCn3ncc4c(C)cccc43)cn2)c1. The number of hydrogen-bond acceptors (Lipinski definition) is 3. The summed E-state index contributed by atoms with van der Waals surface area (Å²) in [4.78, 5) is 12.3. The zero-order valence-corrected chi connectivity index (χ0v) is 16.1. The van der Waals surface area contributed by atoms with Crippen LogP contribution in [0.5, 0.6) is 0 Å². The second-order valence-electron chi connectivity index (χ2n) is 7.09. The lowest BCUT2D eigenvalue weighted by Gasteiger charge is -2.05. The van der Waals surface area contributed by atoms with Crippen LogP contribution in [0, 0.1) is 13.8 Å². The van der Waals surface area contributed by atoms with Crippen LogP contribution in [0.1, 0.15) is 23.1 Å². The number of amides is 1. The summed E-state index contributed by atoms with van der Waals surface area (Å²) in [6.07, 6.45) is 5.75. The van der Waals surface area contributed by atoms with Gasteiger partial charge in [0.25, 0.3) is 0 Å². The summed E-state index contributed by atoms with van der Waals surface area (Å²) < 4.78 is 3.71. The molecule has 1 N–H and O–H groups in total. The molecule has 0 saturated heterocycles. The molecule has 0 bridgehead atoms. The number of fused-ring (bicyclic) bond motifs is 1. The van der Waals surface area contributed by atoms with E-state index < -0.39 is 0 Å². The van der Waals surface area contributed by atoms with Gasteiger partial charge >= 0.3 is 0 Å². The third kappa shape index (κ3) is 3.96. The molecule has 0 fully saturated rings. The number of carbonyl (C=O) groups excluding carboxylic acids is 1. The maximum Gasteiger partial charge on any atom is 0.226 e. The van der Waals surface area contributed by atoms with E-state index >= 15 is 0 Å². The van der Waals surface area contributed by atoms with Gasteiger partial charge in [0.05, 0.1) is 36.7 Å². The smallest absolute Gasteiger partial charge is 0.226 e. The molecule has 2 aromatic carbocycles. The van der Waals surface area contributed by atoms with Gasteiger partial charge in [-0.1, -0.05) is 42.0 Å². The van der Waals surface area contributed by atoms with Gasteiger partial charge in [0.1, 0.15) is 0 Å². The molecule has 4 aromatic rings. The molecular formula is C22H23N5O. The summed E-state index contributed by atoms with van der Waals surface area (Å²) in [5.74, 6) is -0.0496. The van der Waals surface area contributed by atoms with Crippen molar-refractivity contribution in [3.8, 4) is 0 Å². The number of benzene rings is 2. The van der Waals surface area contributed by atoms with E-state index in [1.165, 1.54) is 16.7 Å². The van der Waals surface area contributed by atoms with Crippen LogP contribution in [-0.2, 0) is 17.9 Å². The van der Waals surface area contributed by atoms with Crippen LogP contribution in [0.4, 0.5) is 5.69 Å². The van der Waals surface area contributed by atoms with Gasteiger partial charge in [-0.25, -0.2) is 0 Å². The number of hydrogen-bond donors (Lipinski definition) is 1. The van der Waals surface area contributed by atoms with Crippen molar-refractivity contribution >= 4 is 22.5 Å². The van der Waals surface area contributed by atoms with Gasteiger partial charge in [-0.15, -0.1) is 0 Å². The molecule has 0 spiro atoms. The summed E-state index contributed by atoms with van der Waals surface area (Å²) in [6, 6.07) is 14.4. The summed E-state index contributed by atoms with van der Waals surface area (Å²) in [5.41, 5.74) is 5.35. The minimum Gasteiger partial charge on any atom is -0.323 e. The average Bonchev–Trinajstić information content (AvgIpc) is 3.28. The molecule has 0 radical (unpaired) electrons. The maximum atomic E-state index is 12.3. The highest BCUT2D eigenvalue weighted by Crippen LogP contribution is 2.18. The third-order valence-corrected chi connectivity index (χ3v) is 4.80. The van der Waals surface area contributed by atoms with Crippen LogP contribution in [0.3, 0.4) is 0 Å². The van der Waals surface area contributed by atoms with E-state index in [2.05, 4.69) is 53.6 Å². The molecule has 142 valence electrons. The van der Waals surface area contributed by atoms with E-state index in [0.717, 1.165) is 10.9 Å². The van der Waals surface area contributed by atoms with Crippen molar-refractivity contribution in [3.05, 3.63) is 77.7 Å². The number of aromatic nitrogens is 4. The van der Waals surface area contributed by atoms with Crippen LogP contribution in [0.15, 0.2) is 61.1 Å².